The predicted molar refractivity (Wildman–Crippen MR) is 128 cm³/mol. The number of rotatable bonds is 7. The molecule has 0 radical (unpaired) electrons. The second kappa shape index (κ2) is 10.3. The predicted octanol–water partition coefficient (Wildman–Crippen LogP) is 1.41. The van der Waals surface area contributed by atoms with Gasteiger partial charge in [0.15, 0.2) is 0 Å². The summed E-state index contributed by atoms with van der Waals surface area (Å²) in [5, 5.41) is 4.11. The Kier molecular flexibility index (Phi) is 6.77. The summed E-state index contributed by atoms with van der Waals surface area (Å²) < 4.78 is 11.8. The van der Waals surface area contributed by atoms with E-state index in [4.69, 9.17) is 9.47 Å². The molecule has 2 aromatic carbocycles. The average Bonchev–Trinajstić information content (AvgIpc) is 3.57. The van der Waals surface area contributed by atoms with Gasteiger partial charge in [-0.3, -0.25) is 14.5 Å². The molecule has 1 fully saturated rings. The minimum Gasteiger partial charge on any atom is -0.468 e. The number of carbonyl (C=O) groups is 3. The van der Waals surface area contributed by atoms with Gasteiger partial charge in [-0.25, -0.2) is 14.5 Å². The molecule has 0 N–H and O–H groups in total. The average molecular weight is 490 g/mol. The van der Waals surface area contributed by atoms with Gasteiger partial charge in [0.2, 0.25) is 5.91 Å². The van der Waals surface area contributed by atoms with E-state index in [1.54, 1.807) is 22.0 Å². The maximum absolute atomic E-state index is 13.0. The lowest BCUT2D eigenvalue weighted by molar-refractivity contribution is -0.151. The smallest absolute Gasteiger partial charge is 0.338 e. The van der Waals surface area contributed by atoms with Crippen LogP contribution in [0, 0.1) is 0 Å². The third-order valence-corrected chi connectivity index (χ3v) is 6.73. The lowest BCUT2D eigenvalue weighted by Gasteiger charge is -2.40. The van der Waals surface area contributed by atoms with Crippen LogP contribution in [0.15, 0.2) is 55.1 Å². The number of nitrogens with zero attached hydrogens (tertiary/aromatic N) is 5. The van der Waals surface area contributed by atoms with Crippen molar-refractivity contribution in [3.05, 3.63) is 77.4 Å². The van der Waals surface area contributed by atoms with Crippen LogP contribution in [-0.2, 0) is 38.5 Å². The number of esters is 2. The van der Waals surface area contributed by atoms with E-state index in [0.717, 1.165) is 22.4 Å². The number of hydrogen-bond donors (Lipinski definition) is 0. The van der Waals surface area contributed by atoms with Gasteiger partial charge < -0.3 is 14.4 Å². The lowest BCUT2D eigenvalue weighted by Crippen LogP contribution is -2.58. The van der Waals surface area contributed by atoms with Crippen molar-refractivity contribution in [1.82, 2.24) is 24.6 Å². The van der Waals surface area contributed by atoms with Gasteiger partial charge in [0.1, 0.15) is 25.3 Å². The molecule has 0 aliphatic carbocycles. The third kappa shape index (κ3) is 4.99. The van der Waals surface area contributed by atoms with Crippen molar-refractivity contribution in [2.24, 2.45) is 0 Å². The monoisotopic (exact) mass is 489 g/mol. The Labute approximate surface area is 208 Å². The van der Waals surface area contributed by atoms with Gasteiger partial charge in [-0.05, 0) is 35.7 Å². The second-order valence-electron chi connectivity index (χ2n) is 8.92. The normalized spacial score (nSPS) is 17.5. The zero-order valence-electron chi connectivity index (χ0n) is 20.0. The largest absolute Gasteiger partial charge is 0.468 e. The molecule has 5 rings (SSSR count). The number of hydrogen-bond acceptors (Lipinski definition) is 8. The summed E-state index contributed by atoms with van der Waals surface area (Å²) in [7, 11) is 1.37. The highest BCUT2D eigenvalue weighted by molar-refractivity contribution is 5.93. The van der Waals surface area contributed by atoms with Crippen LogP contribution in [0.1, 0.15) is 27.0 Å². The molecule has 2 aliphatic rings. The van der Waals surface area contributed by atoms with E-state index in [9.17, 15) is 14.4 Å². The molecule has 0 spiro atoms. The number of piperazine rings is 1. The molecule has 3 heterocycles. The number of aromatic nitrogens is 3. The molecular weight excluding hydrogens is 462 g/mol. The highest BCUT2D eigenvalue weighted by Gasteiger charge is 2.34. The van der Waals surface area contributed by atoms with Crippen LogP contribution >= 0.6 is 0 Å². The first-order valence-corrected chi connectivity index (χ1v) is 11.8. The van der Waals surface area contributed by atoms with E-state index < -0.39 is 6.04 Å². The topological polar surface area (TPSA) is 107 Å². The first kappa shape index (κ1) is 23.7. The van der Waals surface area contributed by atoms with Crippen LogP contribution in [0.25, 0.3) is 5.69 Å². The van der Waals surface area contributed by atoms with Crippen LogP contribution in [0.4, 0.5) is 0 Å². The van der Waals surface area contributed by atoms with Crippen LogP contribution in [-0.4, -0.2) is 81.7 Å². The maximum Gasteiger partial charge on any atom is 0.338 e. The molecule has 10 nitrogen and oxygen atoms in total. The Hall–Kier alpha value is -4.05. The summed E-state index contributed by atoms with van der Waals surface area (Å²) in [6.07, 6.45) is 4.05. The zero-order chi connectivity index (χ0) is 25.1. The molecule has 1 saturated heterocycles. The van der Waals surface area contributed by atoms with E-state index in [-0.39, 0.29) is 30.8 Å². The molecule has 36 heavy (non-hydrogen) atoms. The van der Waals surface area contributed by atoms with Crippen molar-refractivity contribution in [2.75, 3.05) is 33.3 Å². The molecule has 1 unspecified atom stereocenters. The molecule has 10 heteroatoms. The Morgan fingerprint density at radius 2 is 1.92 bits per heavy atom. The Morgan fingerprint density at radius 1 is 1.11 bits per heavy atom. The molecular formula is C26H27N5O5. The van der Waals surface area contributed by atoms with Gasteiger partial charge in [-0.15, -0.1) is 0 Å². The SMILES string of the molecule is COC(=O)C1CN(C(=O)Cc2ccc(-n3cncn3)cc2)CCN1CCc1ccc2c(c1)COC2=O. The molecule has 0 saturated carbocycles. The second-order valence-corrected chi connectivity index (χ2v) is 8.92. The first-order chi connectivity index (χ1) is 17.5. The molecule has 1 atom stereocenters. The van der Waals surface area contributed by atoms with Crippen molar-refractivity contribution >= 4 is 17.8 Å². The van der Waals surface area contributed by atoms with E-state index in [1.807, 2.05) is 36.4 Å². The van der Waals surface area contributed by atoms with Gasteiger partial charge in [-0.1, -0.05) is 24.3 Å². The summed E-state index contributed by atoms with van der Waals surface area (Å²) in [4.78, 5) is 45.1. The van der Waals surface area contributed by atoms with Gasteiger partial charge in [-0.2, -0.15) is 5.10 Å². The zero-order valence-corrected chi connectivity index (χ0v) is 20.0. The Bertz CT molecular complexity index is 1260. The summed E-state index contributed by atoms with van der Waals surface area (Å²) in [5.74, 6) is -0.660. The van der Waals surface area contributed by atoms with E-state index in [1.165, 1.54) is 13.4 Å². The number of fused-ring (bicyclic) bond motifs is 1. The standard InChI is InChI=1S/C26H27N5O5/c1-35-26(34)23-14-30(24(32)13-18-2-5-21(6-3-18)31-17-27-16-28-31)11-10-29(23)9-8-19-4-7-22-20(12-19)15-36-25(22)33/h2-7,12,16-17,23H,8-11,13-15H2,1H3. The highest BCUT2D eigenvalue weighted by Crippen LogP contribution is 2.22. The van der Waals surface area contributed by atoms with Gasteiger partial charge >= 0.3 is 11.9 Å². The van der Waals surface area contributed by atoms with Crippen LogP contribution in [0.3, 0.4) is 0 Å². The summed E-state index contributed by atoms with van der Waals surface area (Å²) >= 11 is 0. The number of amides is 1. The van der Waals surface area contributed by atoms with Crippen LogP contribution in [0.2, 0.25) is 0 Å². The highest BCUT2D eigenvalue weighted by atomic mass is 16.5. The maximum atomic E-state index is 13.0. The molecule has 1 amide bonds. The minimum absolute atomic E-state index is 0.0275. The fraction of sp³-hybridized carbons (Fsp3) is 0.346. The van der Waals surface area contributed by atoms with Gasteiger partial charge in [0.25, 0.3) is 0 Å². The Morgan fingerprint density at radius 3 is 2.67 bits per heavy atom. The first-order valence-electron chi connectivity index (χ1n) is 11.8. The molecule has 186 valence electrons. The van der Waals surface area contributed by atoms with Crippen molar-refractivity contribution in [3.8, 4) is 5.69 Å². The quantitative estimate of drug-likeness (QED) is 0.459. The van der Waals surface area contributed by atoms with Crippen molar-refractivity contribution in [2.45, 2.75) is 25.5 Å². The summed E-state index contributed by atoms with van der Waals surface area (Å²) in [6.45, 7) is 2.34. The minimum atomic E-state index is -0.526. The van der Waals surface area contributed by atoms with E-state index in [2.05, 4.69) is 15.0 Å². The molecule has 3 aromatic rings. The molecule has 0 bridgehead atoms. The summed E-state index contributed by atoms with van der Waals surface area (Å²) in [5.41, 5.74) is 4.34. The number of carbonyl (C=O) groups excluding carboxylic acids is 3. The number of cyclic esters (lactones) is 1. The molecule has 2 aliphatic heterocycles. The van der Waals surface area contributed by atoms with Crippen molar-refractivity contribution in [1.29, 1.82) is 0 Å². The van der Waals surface area contributed by atoms with Gasteiger partial charge in [0, 0.05) is 31.7 Å². The van der Waals surface area contributed by atoms with Crippen molar-refractivity contribution < 1.29 is 23.9 Å². The fourth-order valence-electron chi connectivity index (χ4n) is 4.68. The van der Waals surface area contributed by atoms with Gasteiger partial charge in [0.05, 0.1) is 24.8 Å². The fourth-order valence-corrected chi connectivity index (χ4v) is 4.68. The van der Waals surface area contributed by atoms with Crippen molar-refractivity contribution in [3.63, 3.8) is 0 Å². The lowest BCUT2D eigenvalue weighted by atomic mass is 10.0. The summed E-state index contributed by atoms with van der Waals surface area (Å²) in [6, 6.07) is 12.8. The third-order valence-electron chi connectivity index (χ3n) is 6.73. The van der Waals surface area contributed by atoms with Crippen LogP contribution < -0.4 is 0 Å². The number of methoxy groups -OCH3 is 1. The van der Waals surface area contributed by atoms with E-state index in [0.29, 0.717) is 38.2 Å². The molecule has 1 aromatic heterocycles. The van der Waals surface area contributed by atoms with Crippen LogP contribution in [0.5, 0.6) is 0 Å². The number of benzene rings is 2. The van der Waals surface area contributed by atoms with E-state index >= 15 is 0 Å². The Balaban J connectivity index is 1.19. The number of ether oxygens (including phenoxy) is 2.